The minimum atomic E-state index is -0.339. The molecule has 0 atom stereocenters. The SMILES string of the molecule is CCc1nc(C(=O)Nc2ccnn2C(C)C)n[nH]1. The molecule has 0 fully saturated rings. The Bertz CT molecular complexity index is 541. The first-order chi connectivity index (χ1) is 8.61. The Morgan fingerprint density at radius 1 is 1.56 bits per heavy atom. The van der Waals surface area contributed by atoms with Gasteiger partial charge in [0.1, 0.15) is 11.6 Å². The van der Waals surface area contributed by atoms with Crippen molar-refractivity contribution in [3.8, 4) is 0 Å². The Balaban J connectivity index is 2.13. The van der Waals surface area contributed by atoms with Gasteiger partial charge in [0.05, 0.1) is 6.20 Å². The Hall–Kier alpha value is -2.18. The van der Waals surface area contributed by atoms with E-state index in [0.29, 0.717) is 18.1 Å². The summed E-state index contributed by atoms with van der Waals surface area (Å²) in [6, 6.07) is 1.92. The molecule has 0 aliphatic carbocycles. The van der Waals surface area contributed by atoms with Gasteiger partial charge in [-0.05, 0) is 13.8 Å². The van der Waals surface area contributed by atoms with Crippen LogP contribution in [0.3, 0.4) is 0 Å². The fourth-order valence-corrected chi connectivity index (χ4v) is 1.55. The third-order valence-corrected chi connectivity index (χ3v) is 2.47. The lowest BCUT2D eigenvalue weighted by Crippen LogP contribution is -2.18. The van der Waals surface area contributed by atoms with Crippen LogP contribution in [0.1, 0.15) is 43.3 Å². The van der Waals surface area contributed by atoms with E-state index in [1.165, 1.54) is 0 Å². The first-order valence-electron chi connectivity index (χ1n) is 5.88. The zero-order valence-electron chi connectivity index (χ0n) is 10.6. The standard InChI is InChI=1S/C11H16N6O/c1-4-8-13-10(16-15-8)11(18)14-9-5-6-12-17(9)7(2)3/h5-7H,4H2,1-3H3,(H,14,18)(H,13,15,16). The van der Waals surface area contributed by atoms with Crippen molar-refractivity contribution in [2.45, 2.75) is 33.2 Å². The topological polar surface area (TPSA) is 88.5 Å². The van der Waals surface area contributed by atoms with E-state index in [-0.39, 0.29) is 17.8 Å². The first-order valence-corrected chi connectivity index (χ1v) is 5.88. The molecule has 7 nitrogen and oxygen atoms in total. The Morgan fingerprint density at radius 2 is 2.33 bits per heavy atom. The number of hydrogen-bond acceptors (Lipinski definition) is 4. The lowest BCUT2D eigenvalue weighted by atomic mass is 10.4. The molecular weight excluding hydrogens is 232 g/mol. The molecule has 0 unspecified atom stereocenters. The number of aromatic amines is 1. The molecule has 2 aromatic rings. The maximum atomic E-state index is 11.9. The van der Waals surface area contributed by atoms with Gasteiger partial charge in [0.25, 0.3) is 5.91 Å². The summed E-state index contributed by atoms with van der Waals surface area (Å²) in [6.45, 7) is 5.92. The molecule has 2 N–H and O–H groups in total. The third-order valence-electron chi connectivity index (χ3n) is 2.47. The van der Waals surface area contributed by atoms with E-state index in [2.05, 4.69) is 25.6 Å². The number of hydrogen-bond donors (Lipinski definition) is 2. The van der Waals surface area contributed by atoms with Crippen LogP contribution >= 0.6 is 0 Å². The molecule has 0 saturated carbocycles. The summed E-state index contributed by atoms with van der Waals surface area (Å²) < 4.78 is 1.73. The summed E-state index contributed by atoms with van der Waals surface area (Å²) in [5.74, 6) is 1.13. The highest BCUT2D eigenvalue weighted by Crippen LogP contribution is 2.13. The molecule has 0 aliphatic heterocycles. The number of aromatic nitrogens is 5. The number of nitrogens with zero attached hydrogens (tertiary/aromatic N) is 4. The lowest BCUT2D eigenvalue weighted by molar-refractivity contribution is 0.101. The van der Waals surface area contributed by atoms with Crippen LogP contribution in [0.25, 0.3) is 0 Å². The van der Waals surface area contributed by atoms with Gasteiger partial charge in [0, 0.05) is 18.5 Å². The molecule has 0 aromatic carbocycles. The molecule has 96 valence electrons. The van der Waals surface area contributed by atoms with E-state index in [0.717, 1.165) is 0 Å². The highest BCUT2D eigenvalue weighted by Gasteiger charge is 2.15. The van der Waals surface area contributed by atoms with Crippen LogP contribution in [-0.4, -0.2) is 30.9 Å². The van der Waals surface area contributed by atoms with Crippen LogP contribution < -0.4 is 5.32 Å². The second kappa shape index (κ2) is 4.99. The maximum absolute atomic E-state index is 11.9. The summed E-state index contributed by atoms with van der Waals surface area (Å²) in [5, 5.41) is 13.5. The smallest absolute Gasteiger partial charge is 0.296 e. The maximum Gasteiger partial charge on any atom is 0.296 e. The molecule has 2 heterocycles. The molecule has 2 rings (SSSR count). The van der Waals surface area contributed by atoms with E-state index in [1.807, 2.05) is 20.8 Å². The Labute approximate surface area is 105 Å². The molecule has 0 saturated heterocycles. The highest BCUT2D eigenvalue weighted by molar-refractivity contribution is 6.00. The van der Waals surface area contributed by atoms with Gasteiger partial charge in [-0.3, -0.25) is 9.89 Å². The normalized spacial score (nSPS) is 10.9. The number of amides is 1. The fraction of sp³-hybridized carbons (Fsp3) is 0.455. The number of aryl methyl sites for hydroxylation is 1. The monoisotopic (exact) mass is 248 g/mol. The molecule has 7 heteroatoms. The second-order valence-corrected chi connectivity index (χ2v) is 4.17. The van der Waals surface area contributed by atoms with Gasteiger partial charge in [0.15, 0.2) is 0 Å². The van der Waals surface area contributed by atoms with Crippen molar-refractivity contribution in [1.82, 2.24) is 25.0 Å². The van der Waals surface area contributed by atoms with E-state index in [9.17, 15) is 4.79 Å². The predicted octanol–water partition coefficient (Wildman–Crippen LogP) is 1.40. The van der Waals surface area contributed by atoms with E-state index in [1.54, 1.807) is 16.9 Å². The van der Waals surface area contributed by atoms with Crippen molar-refractivity contribution < 1.29 is 4.79 Å². The molecule has 1 amide bonds. The minimum absolute atomic E-state index is 0.142. The summed E-state index contributed by atoms with van der Waals surface area (Å²) in [6.07, 6.45) is 2.36. The average Bonchev–Trinajstić information content (AvgIpc) is 2.96. The average molecular weight is 248 g/mol. The molecule has 0 bridgehead atoms. The number of carbonyl (C=O) groups excluding carboxylic acids is 1. The first kappa shape index (κ1) is 12.3. The molecule has 0 aliphatic rings. The van der Waals surface area contributed by atoms with E-state index < -0.39 is 0 Å². The van der Waals surface area contributed by atoms with E-state index >= 15 is 0 Å². The van der Waals surface area contributed by atoms with Crippen LogP contribution in [-0.2, 0) is 6.42 Å². The van der Waals surface area contributed by atoms with Crippen molar-refractivity contribution in [2.75, 3.05) is 5.32 Å². The van der Waals surface area contributed by atoms with Crippen molar-refractivity contribution in [2.24, 2.45) is 0 Å². The largest absolute Gasteiger partial charge is 0.304 e. The molecular formula is C11H16N6O. The summed E-state index contributed by atoms with van der Waals surface area (Å²) in [7, 11) is 0. The van der Waals surface area contributed by atoms with Crippen LogP contribution in [0.2, 0.25) is 0 Å². The fourth-order valence-electron chi connectivity index (χ4n) is 1.55. The summed E-state index contributed by atoms with van der Waals surface area (Å²) >= 11 is 0. The third kappa shape index (κ3) is 2.39. The number of carbonyl (C=O) groups is 1. The van der Waals surface area contributed by atoms with Gasteiger partial charge in [-0.25, -0.2) is 9.67 Å². The molecule has 2 aromatic heterocycles. The summed E-state index contributed by atoms with van der Waals surface area (Å²) in [4.78, 5) is 16.0. The van der Waals surface area contributed by atoms with Crippen molar-refractivity contribution in [3.05, 3.63) is 23.9 Å². The molecule has 0 radical (unpaired) electrons. The van der Waals surface area contributed by atoms with Gasteiger partial charge >= 0.3 is 0 Å². The van der Waals surface area contributed by atoms with Crippen molar-refractivity contribution >= 4 is 11.7 Å². The van der Waals surface area contributed by atoms with Crippen LogP contribution in [0.15, 0.2) is 12.3 Å². The zero-order chi connectivity index (χ0) is 13.1. The van der Waals surface area contributed by atoms with Gasteiger partial charge < -0.3 is 5.32 Å². The number of anilines is 1. The molecule has 18 heavy (non-hydrogen) atoms. The zero-order valence-corrected chi connectivity index (χ0v) is 10.6. The number of H-pyrrole nitrogens is 1. The summed E-state index contributed by atoms with van der Waals surface area (Å²) in [5.41, 5.74) is 0. The second-order valence-electron chi connectivity index (χ2n) is 4.17. The lowest BCUT2D eigenvalue weighted by Gasteiger charge is -2.10. The van der Waals surface area contributed by atoms with Gasteiger partial charge in [-0.2, -0.15) is 5.10 Å². The van der Waals surface area contributed by atoms with Crippen molar-refractivity contribution in [1.29, 1.82) is 0 Å². The van der Waals surface area contributed by atoms with E-state index in [4.69, 9.17) is 0 Å². The van der Waals surface area contributed by atoms with Gasteiger partial charge in [-0.15, -0.1) is 5.10 Å². The van der Waals surface area contributed by atoms with Crippen LogP contribution in [0.5, 0.6) is 0 Å². The van der Waals surface area contributed by atoms with Crippen molar-refractivity contribution in [3.63, 3.8) is 0 Å². The van der Waals surface area contributed by atoms with Gasteiger partial charge in [-0.1, -0.05) is 6.92 Å². The number of rotatable bonds is 4. The number of nitrogens with one attached hydrogen (secondary N) is 2. The predicted molar refractivity (Wildman–Crippen MR) is 66.3 cm³/mol. The van der Waals surface area contributed by atoms with Crippen LogP contribution in [0, 0.1) is 0 Å². The minimum Gasteiger partial charge on any atom is -0.304 e. The molecule has 0 spiro atoms. The quantitative estimate of drug-likeness (QED) is 0.855. The van der Waals surface area contributed by atoms with Crippen LogP contribution in [0.4, 0.5) is 5.82 Å². The Morgan fingerprint density at radius 3 is 2.94 bits per heavy atom. The Kier molecular flexibility index (Phi) is 3.40. The van der Waals surface area contributed by atoms with Gasteiger partial charge in [0.2, 0.25) is 5.82 Å². The highest BCUT2D eigenvalue weighted by atomic mass is 16.2.